The number of nitriles is 1. The van der Waals surface area contributed by atoms with E-state index in [1.54, 1.807) is 6.07 Å². The molecule has 0 fully saturated rings. The molecular formula is C8H4BrF2N3O2. The molecule has 1 aromatic rings. The quantitative estimate of drug-likeness (QED) is 0.633. The van der Waals surface area contributed by atoms with Gasteiger partial charge in [-0.15, -0.1) is 0 Å². The highest BCUT2D eigenvalue weighted by molar-refractivity contribution is 9.10. The summed E-state index contributed by atoms with van der Waals surface area (Å²) >= 11 is 2.85. The number of alkyl halides is 2. The van der Waals surface area contributed by atoms with Crippen molar-refractivity contribution in [3.8, 4) is 6.07 Å². The van der Waals surface area contributed by atoms with Gasteiger partial charge in [-0.3, -0.25) is 0 Å². The lowest BCUT2D eigenvalue weighted by Crippen LogP contribution is -2.01. The van der Waals surface area contributed by atoms with Gasteiger partial charge in [0.15, 0.2) is 0 Å². The highest BCUT2D eigenvalue weighted by Crippen LogP contribution is 2.31. The van der Waals surface area contributed by atoms with E-state index in [0.717, 1.165) is 6.07 Å². The van der Waals surface area contributed by atoms with Gasteiger partial charge in [-0.25, -0.2) is 8.78 Å². The molecule has 1 heterocycles. The first-order valence-corrected chi connectivity index (χ1v) is 4.75. The van der Waals surface area contributed by atoms with E-state index in [1.165, 1.54) is 0 Å². The summed E-state index contributed by atoms with van der Waals surface area (Å²) < 4.78 is 24.9. The van der Waals surface area contributed by atoms with Gasteiger partial charge in [-0.2, -0.15) is 5.26 Å². The van der Waals surface area contributed by atoms with Crippen LogP contribution in [0.25, 0.3) is 0 Å². The highest BCUT2D eigenvalue weighted by atomic mass is 79.9. The van der Waals surface area contributed by atoms with Crippen LogP contribution in [0.4, 0.5) is 14.6 Å². The topological polar surface area (TPSA) is 79.8 Å². The molecule has 0 amide bonds. The maximum Gasteiger partial charge on any atom is 0.364 e. The van der Waals surface area contributed by atoms with Gasteiger partial charge >= 0.3 is 12.2 Å². The SMILES string of the molecule is N#CCc1cc([N+](=O)[O-])nc(C(F)F)c1Br. The van der Waals surface area contributed by atoms with Crippen molar-refractivity contribution in [2.24, 2.45) is 0 Å². The summed E-state index contributed by atoms with van der Waals surface area (Å²) in [5.41, 5.74) is -0.598. The van der Waals surface area contributed by atoms with Crippen LogP contribution in [-0.2, 0) is 6.42 Å². The van der Waals surface area contributed by atoms with E-state index in [9.17, 15) is 18.9 Å². The fourth-order valence-corrected chi connectivity index (χ4v) is 1.56. The second-order valence-electron chi connectivity index (χ2n) is 2.73. The zero-order valence-electron chi connectivity index (χ0n) is 7.65. The maximum absolute atomic E-state index is 12.5. The number of pyridine rings is 1. The smallest absolute Gasteiger partial charge is 0.358 e. The third-order valence-corrected chi connectivity index (χ3v) is 2.62. The molecule has 0 atom stereocenters. The first kappa shape index (κ1) is 12.4. The largest absolute Gasteiger partial charge is 0.364 e. The third kappa shape index (κ3) is 2.49. The molecule has 0 aliphatic rings. The van der Waals surface area contributed by atoms with Gasteiger partial charge < -0.3 is 10.1 Å². The predicted molar refractivity (Wildman–Crippen MR) is 52.9 cm³/mol. The summed E-state index contributed by atoms with van der Waals surface area (Å²) in [4.78, 5) is 12.8. The van der Waals surface area contributed by atoms with Crippen LogP contribution in [0.5, 0.6) is 0 Å². The normalized spacial score (nSPS) is 10.2. The van der Waals surface area contributed by atoms with E-state index in [0.29, 0.717) is 0 Å². The lowest BCUT2D eigenvalue weighted by atomic mass is 10.1. The van der Waals surface area contributed by atoms with Crippen LogP contribution in [0.2, 0.25) is 0 Å². The first-order valence-electron chi connectivity index (χ1n) is 3.96. The van der Waals surface area contributed by atoms with Gasteiger partial charge in [0.1, 0.15) is 0 Å². The van der Waals surface area contributed by atoms with Crippen molar-refractivity contribution in [3.05, 3.63) is 31.9 Å². The summed E-state index contributed by atoms with van der Waals surface area (Å²) in [6, 6.07) is 2.73. The van der Waals surface area contributed by atoms with Crippen molar-refractivity contribution in [1.29, 1.82) is 5.26 Å². The predicted octanol–water partition coefficient (Wildman–Crippen LogP) is 2.76. The average Bonchev–Trinajstić information content (AvgIpc) is 2.20. The van der Waals surface area contributed by atoms with Crippen LogP contribution in [0, 0.1) is 21.4 Å². The maximum atomic E-state index is 12.5. The van der Waals surface area contributed by atoms with Crippen molar-refractivity contribution < 1.29 is 13.7 Å². The molecular weight excluding hydrogens is 288 g/mol. The number of hydrogen-bond acceptors (Lipinski definition) is 4. The molecule has 16 heavy (non-hydrogen) atoms. The Morgan fingerprint density at radius 1 is 1.69 bits per heavy atom. The molecule has 84 valence electrons. The average molecular weight is 292 g/mol. The summed E-state index contributed by atoms with van der Waals surface area (Å²) in [5, 5.41) is 18.9. The highest BCUT2D eigenvalue weighted by Gasteiger charge is 2.25. The van der Waals surface area contributed by atoms with Gasteiger partial charge in [0.2, 0.25) is 5.69 Å². The molecule has 0 bridgehead atoms. The molecule has 0 radical (unpaired) electrons. The van der Waals surface area contributed by atoms with Crippen molar-refractivity contribution >= 4 is 21.7 Å². The molecule has 1 aromatic heterocycles. The Kier molecular flexibility index (Phi) is 3.84. The molecule has 0 aromatic carbocycles. The van der Waals surface area contributed by atoms with Crippen LogP contribution in [0.15, 0.2) is 10.5 Å². The minimum atomic E-state index is -2.94. The van der Waals surface area contributed by atoms with Gasteiger partial charge in [0, 0.05) is 6.07 Å². The number of rotatable bonds is 3. The number of hydrogen-bond donors (Lipinski definition) is 0. The Hall–Kier alpha value is -1.62. The molecule has 0 spiro atoms. The molecule has 8 heteroatoms. The van der Waals surface area contributed by atoms with E-state index in [4.69, 9.17) is 5.26 Å². The molecule has 0 unspecified atom stereocenters. The minimum Gasteiger partial charge on any atom is -0.358 e. The first-order chi connectivity index (χ1) is 7.47. The van der Waals surface area contributed by atoms with Crippen LogP contribution in [0.1, 0.15) is 17.7 Å². The lowest BCUT2D eigenvalue weighted by molar-refractivity contribution is -0.389. The molecule has 0 N–H and O–H groups in total. The molecule has 1 rings (SSSR count). The van der Waals surface area contributed by atoms with E-state index in [-0.39, 0.29) is 16.5 Å². The molecule has 0 aliphatic carbocycles. The third-order valence-electron chi connectivity index (χ3n) is 1.71. The monoisotopic (exact) mass is 291 g/mol. The Morgan fingerprint density at radius 2 is 2.31 bits per heavy atom. The second-order valence-corrected chi connectivity index (χ2v) is 3.52. The fraction of sp³-hybridized carbons (Fsp3) is 0.250. The van der Waals surface area contributed by atoms with Crippen molar-refractivity contribution in [2.75, 3.05) is 0 Å². The van der Waals surface area contributed by atoms with E-state index < -0.39 is 22.9 Å². The van der Waals surface area contributed by atoms with Crippen molar-refractivity contribution in [2.45, 2.75) is 12.8 Å². The number of nitro groups is 1. The Balaban J connectivity index is 3.40. The van der Waals surface area contributed by atoms with E-state index in [1.807, 2.05) is 0 Å². The zero-order valence-corrected chi connectivity index (χ0v) is 9.24. The van der Waals surface area contributed by atoms with Crippen LogP contribution >= 0.6 is 15.9 Å². The van der Waals surface area contributed by atoms with Crippen LogP contribution in [-0.4, -0.2) is 9.91 Å². The van der Waals surface area contributed by atoms with Crippen molar-refractivity contribution in [3.63, 3.8) is 0 Å². The van der Waals surface area contributed by atoms with Gasteiger partial charge in [0.05, 0.1) is 17.0 Å². The Morgan fingerprint density at radius 3 is 2.75 bits per heavy atom. The Labute approximate surface area is 97.0 Å². The van der Waals surface area contributed by atoms with Gasteiger partial charge in [-0.1, -0.05) is 0 Å². The second kappa shape index (κ2) is 4.94. The van der Waals surface area contributed by atoms with E-state index in [2.05, 4.69) is 20.9 Å². The molecule has 0 aliphatic heterocycles. The summed E-state index contributed by atoms with van der Waals surface area (Å²) in [6.07, 6.45) is -3.14. The molecule has 0 saturated heterocycles. The van der Waals surface area contributed by atoms with E-state index >= 15 is 0 Å². The summed E-state index contributed by atoms with van der Waals surface area (Å²) in [5.74, 6) is -0.691. The van der Waals surface area contributed by atoms with Crippen LogP contribution < -0.4 is 0 Å². The summed E-state index contributed by atoms with van der Waals surface area (Å²) in [7, 11) is 0. The minimum absolute atomic E-state index is 0.0605. The standard InChI is InChI=1S/C8H4BrF2N3O2/c9-6-4(1-2-12)3-5(14(15)16)13-7(6)8(10)11/h3,8H,1H2. The molecule has 5 nitrogen and oxygen atoms in total. The fourth-order valence-electron chi connectivity index (χ4n) is 1.04. The Bertz CT molecular complexity index is 473. The lowest BCUT2D eigenvalue weighted by Gasteiger charge is -2.03. The number of nitrogens with zero attached hydrogens (tertiary/aromatic N) is 3. The van der Waals surface area contributed by atoms with Crippen molar-refractivity contribution in [1.82, 2.24) is 4.98 Å². The van der Waals surface area contributed by atoms with Crippen LogP contribution in [0.3, 0.4) is 0 Å². The van der Waals surface area contributed by atoms with Gasteiger partial charge in [-0.05, 0) is 31.4 Å². The molecule has 0 saturated carbocycles. The summed E-state index contributed by atoms with van der Waals surface area (Å²) in [6.45, 7) is 0. The zero-order chi connectivity index (χ0) is 12.3. The van der Waals surface area contributed by atoms with Gasteiger partial charge in [0.25, 0.3) is 0 Å². The number of halogens is 3. The number of aromatic nitrogens is 1.